The summed E-state index contributed by atoms with van der Waals surface area (Å²) in [4.78, 5) is 4.68. The zero-order chi connectivity index (χ0) is 26.2. The number of nitrogens with zero attached hydrogens (tertiary/aromatic N) is 2. The first-order valence-electron chi connectivity index (χ1n) is 13.4. The summed E-state index contributed by atoms with van der Waals surface area (Å²) in [6.07, 6.45) is 2.30. The Hall–Kier alpha value is -4.56. The lowest BCUT2D eigenvalue weighted by Gasteiger charge is -2.25. The quantitative estimate of drug-likeness (QED) is 0.188. The van der Waals surface area contributed by atoms with Crippen molar-refractivity contribution in [2.45, 2.75) is 13.8 Å². The highest BCUT2D eigenvalue weighted by Gasteiger charge is 2.12. The van der Waals surface area contributed by atoms with Gasteiger partial charge < -0.3 is 9.80 Å². The van der Waals surface area contributed by atoms with Gasteiger partial charge in [0, 0.05) is 35.8 Å². The van der Waals surface area contributed by atoms with Crippen LogP contribution in [0.15, 0.2) is 140 Å². The molecule has 0 fully saturated rings. The van der Waals surface area contributed by atoms with Crippen LogP contribution in [0.25, 0.3) is 11.6 Å². The lowest BCUT2D eigenvalue weighted by Crippen LogP contribution is -2.21. The maximum atomic E-state index is 2.39. The van der Waals surface area contributed by atoms with Gasteiger partial charge in [0.25, 0.3) is 0 Å². The van der Waals surface area contributed by atoms with Gasteiger partial charge in [0.05, 0.1) is 0 Å². The molecule has 0 radical (unpaired) electrons. The maximum absolute atomic E-state index is 2.39. The van der Waals surface area contributed by atoms with Crippen molar-refractivity contribution in [3.05, 3.63) is 156 Å². The van der Waals surface area contributed by atoms with Crippen LogP contribution in [0.5, 0.6) is 0 Å². The van der Waals surface area contributed by atoms with Crippen LogP contribution in [0.4, 0.5) is 22.7 Å². The van der Waals surface area contributed by atoms with E-state index in [1.54, 1.807) is 0 Å². The molecule has 0 heterocycles. The number of rotatable bonds is 9. The molecular weight excluding hydrogens is 460 g/mol. The molecule has 0 aliphatic rings. The van der Waals surface area contributed by atoms with E-state index in [1.807, 2.05) is 0 Å². The van der Waals surface area contributed by atoms with E-state index in [9.17, 15) is 0 Å². The van der Waals surface area contributed by atoms with Crippen molar-refractivity contribution in [2.75, 3.05) is 22.9 Å². The molecule has 2 heteroatoms. The molecule has 0 amide bonds. The minimum absolute atomic E-state index is 0.991. The lowest BCUT2D eigenvalue weighted by atomic mass is 9.95. The lowest BCUT2D eigenvalue weighted by molar-refractivity contribution is 0.866. The van der Waals surface area contributed by atoms with E-state index in [2.05, 4.69) is 169 Å². The zero-order valence-electron chi connectivity index (χ0n) is 22.2. The largest absolute Gasteiger partial charge is 0.372 e. The predicted octanol–water partition coefficient (Wildman–Crippen LogP) is 9.59. The van der Waals surface area contributed by atoms with Crippen LogP contribution in [0.1, 0.15) is 30.5 Å². The molecule has 0 saturated carbocycles. The molecule has 38 heavy (non-hydrogen) atoms. The summed E-state index contributed by atoms with van der Waals surface area (Å²) in [5.41, 5.74) is 9.48. The molecule has 5 rings (SSSR count). The molecule has 0 saturated heterocycles. The van der Waals surface area contributed by atoms with Crippen molar-refractivity contribution >= 4 is 34.4 Å². The minimum Gasteiger partial charge on any atom is -0.372 e. The highest BCUT2D eigenvalue weighted by molar-refractivity contribution is 5.92. The van der Waals surface area contributed by atoms with Gasteiger partial charge in [-0.15, -0.1) is 0 Å². The summed E-state index contributed by atoms with van der Waals surface area (Å²) >= 11 is 0. The molecule has 0 bridgehead atoms. The molecular formula is C36H34N2. The summed E-state index contributed by atoms with van der Waals surface area (Å²) < 4.78 is 0. The number of anilines is 4. The van der Waals surface area contributed by atoms with Crippen LogP contribution in [-0.2, 0) is 0 Å². The predicted molar refractivity (Wildman–Crippen MR) is 165 cm³/mol. The second-order valence-corrected chi connectivity index (χ2v) is 9.24. The van der Waals surface area contributed by atoms with E-state index < -0.39 is 0 Å². The molecule has 0 aromatic heterocycles. The van der Waals surface area contributed by atoms with E-state index in [-0.39, 0.29) is 0 Å². The van der Waals surface area contributed by atoms with Gasteiger partial charge in [-0.2, -0.15) is 0 Å². The third kappa shape index (κ3) is 5.71. The second-order valence-electron chi connectivity index (χ2n) is 9.24. The summed E-state index contributed by atoms with van der Waals surface area (Å²) in [5, 5.41) is 0. The highest BCUT2D eigenvalue weighted by atomic mass is 15.1. The number of benzene rings is 5. The fourth-order valence-electron chi connectivity index (χ4n) is 4.90. The summed E-state index contributed by atoms with van der Waals surface area (Å²) in [7, 11) is 0. The molecule has 0 aliphatic heterocycles. The third-order valence-electron chi connectivity index (χ3n) is 6.86. The van der Waals surface area contributed by atoms with Crippen LogP contribution in [0, 0.1) is 0 Å². The van der Waals surface area contributed by atoms with Gasteiger partial charge in [-0.05, 0) is 90.7 Å². The average Bonchev–Trinajstić information content (AvgIpc) is 2.99. The fraction of sp³-hybridized carbons (Fsp3) is 0.111. The molecule has 0 spiro atoms. The van der Waals surface area contributed by atoms with Crippen molar-refractivity contribution in [1.29, 1.82) is 0 Å². The van der Waals surface area contributed by atoms with E-state index in [4.69, 9.17) is 0 Å². The maximum Gasteiger partial charge on any atom is 0.0462 e. The Morgan fingerprint density at radius 3 is 1.53 bits per heavy atom. The number of hydrogen-bond acceptors (Lipinski definition) is 2. The summed E-state index contributed by atoms with van der Waals surface area (Å²) in [5.74, 6) is 0. The Balaban J connectivity index is 1.55. The van der Waals surface area contributed by atoms with Gasteiger partial charge in [-0.25, -0.2) is 0 Å². The van der Waals surface area contributed by atoms with Crippen molar-refractivity contribution in [1.82, 2.24) is 0 Å². The van der Waals surface area contributed by atoms with Crippen molar-refractivity contribution in [3.63, 3.8) is 0 Å². The summed E-state index contributed by atoms with van der Waals surface area (Å²) in [6, 6.07) is 49.5. The van der Waals surface area contributed by atoms with Crippen LogP contribution >= 0.6 is 0 Å². The molecule has 5 aromatic carbocycles. The van der Waals surface area contributed by atoms with E-state index in [0.717, 1.165) is 30.2 Å². The van der Waals surface area contributed by atoms with E-state index in [1.165, 1.54) is 28.0 Å². The number of para-hydroxylation sites is 2. The van der Waals surface area contributed by atoms with E-state index in [0.29, 0.717) is 0 Å². The van der Waals surface area contributed by atoms with Gasteiger partial charge in [0.1, 0.15) is 0 Å². The van der Waals surface area contributed by atoms with Crippen LogP contribution in [0.2, 0.25) is 0 Å². The second kappa shape index (κ2) is 12.1. The molecule has 5 aromatic rings. The van der Waals surface area contributed by atoms with Gasteiger partial charge in [0.2, 0.25) is 0 Å². The molecule has 0 atom stereocenters. The highest BCUT2D eigenvalue weighted by Crippen LogP contribution is 2.35. The standard InChI is InChI=1S/C36H34N2/c1-3-37(4-2)35-22-14-17-31(28-35)36(30-15-8-5-9-16-30)27-29-23-25-34(26-24-29)38(32-18-10-6-11-19-32)33-20-12-7-13-21-33/h5-28H,3-4H2,1-2H3/b36-27+. The van der Waals surface area contributed by atoms with Crippen molar-refractivity contribution < 1.29 is 0 Å². The SMILES string of the molecule is CCN(CC)c1cccc(/C(=C/c2ccc(N(c3ccccc3)c3ccccc3)cc2)c2ccccc2)c1. The van der Waals surface area contributed by atoms with Gasteiger partial charge in [0.15, 0.2) is 0 Å². The molecule has 188 valence electrons. The Bertz CT molecular complexity index is 1410. The van der Waals surface area contributed by atoms with Gasteiger partial charge in [-0.3, -0.25) is 0 Å². The summed E-state index contributed by atoms with van der Waals surface area (Å²) in [6.45, 7) is 6.40. The van der Waals surface area contributed by atoms with Crippen molar-refractivity contribution in [3.8, 4) is 0 Å². The Labute approximate surface area is 227 Å². The molecule has 2 nitrogen and oxygen atoms in total. The normalized spacial score (nSPS) is 11.3. The molecule has 0 aliphatic carbocycles. The smallest absolute Gasteiger partial charge is 0.0462 e. The van der Waals surface area contributed by atoms with Crippen LogP contribution in [-0.4, -0.2) is 13.1 Å². The molecule has 0 unspecified atom stereocenters. The minimum atomic E-state index is 0.991. The third-order valence-corrected chi connectivity index (χ3v) is 6.86. The Morgan fingerprint density at radius 1 is 0.500 bits per heavy atom. The first kappa shape index (κ1) is 25.1. The first-order chi connectivity index (χ1) is 18.8. The van der Waals surface area contributed by atoms with Gasteiger partial charge in [-0.1, -0.05) is 91.0 Å². The number of hydrogen-bond donors (Lipinski definition) is 0. The van der Waals surface area contributed by atoms with Crippen LogP contribution < -0.4 is 9.80 Å². The Morgan fingerprint density at radius 2 is 0.974 bits per heavy atom. The van der Waals surface area contributed by atoms with Crippen LogP contribution in [0.3, 0.4) is 0 Å². The van der Waals surface area contributed by atoms with Crippen molar-refractivity contribution in [2.24, 2.45) is 0 Å². The molecule has 0 N–H and O–H groups in total. The average molecular weight is 495 g/mol. The topological polar surface area (TPSA) is 6.48 Å². The first-order valence-corrected chi connectivity index (χ1v) is 13.4. The Kier molecular flexibility index (Phi) is 8.01. The van der Waals surface area contributed by atoms with E-state index >= 15 is 0 Å². The fourth-order valence-corrected chi connectivity index (χ4v) is 4.90. The zero-order valence-corrected chi connectivity index (χ0v) is 22.2. The van der Waals surface area contributed by atoms with Gasteiger partial charge >= 0.3 is 0 Å². The monoisotopic (exact) mass is 494 g/mol.